The van der Waals surface area contributed by atoms with E-state index in [1.54, 1.807) is 0 Å². The maximum atomic E-state index is 5.51. The van der Waals surface area contributed by atoms with Gasteiger partial charge >= 0.3 is 17.2 Å². The van der Waals surface area contributed by atoms with Crippen LogP contribution in [0.3, 0.4) is 0 Å². The fraction of sp³-hybridized carbons (Fsp3) is 0.700. The van der Waals surface area contributed by atoms with Gasteiger partial charge in [0.1, 0.15) is 5.76 Å². The van der Waals surface area contributed by atoms with Gasteiger partial charge in [0.2, 0.25) is 0 Å². The van der Waals surface area contributed by atoms with Crippen molar-refractivity contribution in [2.75, 3.05) is 31.8 Å². The van der Waals surface area contributed by atoms with E-state index in [-0.39, 0.29) is 0 Å². The zero-order chi connectivity index (χ0) is 22.7. The molecule has 0 amide bonds. The van der Waals surface area contributed by atoms with Gasteiger partial charge in [-0.05, 0) is 53.5 Å². The molecule has 0 aliphatic heterocycles. The standard InChI is InChI=1S/C10H20BrO3P.C10H19O3P/c1-5-12-15(13-6-2)14-10(4)7-9(3)8-11;1-6-11-14(12-7-2)13-10(5)8-9(3)4/h9H,4-8H2,1-3H3;8H,3,6-7H2,1-2,4-5H3/b;10-8-. The van der Waals surface area contributed by atoms with Gasteiger partial charge in [0.15, 0.2) is 0 Å². The average molecular weight is 517 g/mol. The van der Waals surface area contributed by atoms with E-state index in [1.165, 1.54) is 0 Å². The molecule has 0 aliphatic rings. The van der Waals surface area contributed by atoms with Crippen molar-refractivity contribution in [1.29, 1.82) is 0 Å². The molecule has 29 heavy (non-hydrogen) atoms. The van der Waals surface area contributed by atoms with E-state index in [0.717, 1.165) is 28.8 Å². The van der Waals surface area contributed by atoms with Gasteiger partial charge in [0, 0.05) is 11.8 Å². The molecule has 9 heteroatoms. The third-order valence-electron chi connectivity index (χ3n) is 2.65. The van der Waals surface area contributed by atoms with Crippen molar-refractivity contribution in [2.24, 2.45) is 5.92 Å². The van der Waals surface area contributed by atoms with Crippen molar-refractivity contribution in [2.45, 2.75) is 54.9 Å². The van der Waals surface area contributed by atoms with Crippen molar-refractivity contribution in [3.8, 4) is 0 Å². The van der Waals surface area contributed by atoms with Gasteiger partial charge in [-0.3, -0.25) is 0 Å². The van der Waals surface area contributed by atoms with Gasteiger partial charge in [0.25, 0.3) is 0 Å². The molecule has 0 aromatic carbocycles. The first-order chi connectivity index (χ1) is 13.7. The Kier molecular flexibility index (Phi) is 22.8. The van der Waals surface area contributed by atoms with E-state index in [1.807, 2.05) is 47.6 Å². The van der Waals surface area contributed by atoms with Crippen LogP contribution in [0.5, 0.6) is 0 Å². The minimum absolute atomic E-state index is 0.512. The summed E-state index contributed by atoms with van der Waals surface area (Å²) in [5, 5.41) is 0.941. The number of hydrogen-bond acceptors (Lipinski definition) is 6. The number of alkyl halides is 1. The molecule has 1 unspecified atom stereocenters. The van der Waals surface area contributed by atoms with Crippen LogP contribution in [0.25, 0.3) is 0 Å². The molecule has 0 saturated carbocycles. The van der Waals surface area contributed by atoms with Crippen molar-refractivity contribution in [3.63, 3.8) is 0 Å². The fourth-order valence-electron chi connectivity index (χ4n) is 1.68. The molecular formula is C20H39BrO6P2. The van der Waals surface area contributed by atoms with Crippen molar-refractivity contribution in [1.82, 2.24) is 0 Å². The molecule has 0 fully saturated rings. The van der Waals surface area contributed by atoms with E-state index in [2.05, 4.69) is 36.0 Å². The minimum atomic E-state index is -1.25. The highest BCUT2D eigenvalue weighted by molar-refractivity contribution is 9.09. The zero-order valence-electron chi connectivity index (χ0n) is 19.0. The summed E-state index contributed by atoms with van der Waals surface area (Å²) in [5.74, 6) is 2.01. The Morgan fingerprint density at radius 1 is 0.862 bits per heavy atom. The number of allylic oxidation sites excluding steroid dienone is 4. The maximum absolute atomic E-state index is 5.51. The molecule has 0 aliphatic carbocycles. The summed E-state index contributed by atoms with van der Waals surface area (Å²) in [7, 11) is -2.49. The third-order valence-corrected chi connectivity index (χ3v) is 6.48. The van der Waals surface area contributed by atoms with Crippen LogP contribution in [-0.2, 0) is 27.1 Å². The predicted octanol–water partition coefficient (Wildman–Crippen LogP) is 8.02. The van der Waals surface area contributed by atoms with E-state index in [0.29, 0.717) is 32.3 Å². The van der Waals surface area contributed by atoms with Gasteiger partial charge in [-0.15, -0.1) is 0 Å². The second-order valence-electron chi connectivity index (χ2n) is 5.90. The molecule has 0 bridgehead atoms. The third kappa shape index (κ3) is 21.0. The molecule has 0 saturated heterocycles. The molecule has 0 heterocycles. The van der Waals surface area contributed by atoms with Crippen molar-refractivity contribution in [3.05, 3.63) is 36.3 Å². The Hall–Kier alpha value is 0.0000000000000000694. The molecule has 172 valence electrons. The highest BCUT2D eigenvalue weighted by Crippen LogP contribution is 2.43. The summed E-state index contributed by atoms with van der Waals surface area (Å²) >= 11 is 3.42. The second kappa shape index (κ2) is 21.2. The molecule has 0 spiro atoms. The first kappa shape index (κ1) is 31.2. The van der Waals surface area contributed by atoms with Crippen LogP contribution in [0.4, 0.5) is 0 Å². The Labute approximate surface area is 189 Å². The van der Waals surface area contributed by atoms with E-state index in [4.69, 9.17) is 27.1 Å². The monoisotopic (exact) mass is 516 g/mol. The highest BCUT2D eigenvalue weighted by atomic mass is 79.9. The molecule has 0 N–H and O–H groups in total. The summed E-state index contributed by atoms with van der Waals surface area (Å²) in [6.07, 6.45) is 2.68. The van der Waals surface area contributed by atoms with Gasteiger partial charge < -0.3 is 27.1 Å². The molecule has 0 radical (unpaired) electrons. The first-order valence-corrected chi connectivity index (χ1v) is 13.1. The van der Waals surface area contributed by atoms with Crippen molar-refractivity contribution < 1.29 is 27.1 Å². The average Bonchev–Trinajstić information content (AvgIpc) is 2.62. The van der Waals surface area contributed by atoms with Crippen LogP contribution in [0.2, 0.25) is 0 Å². The molecular weight excluding hydrogens is 478 g/mol. The van der Waals surface area contributed by atoms with E-state index < -0.39 is 17.2 Å². The molecule has 0 aromatic heterocycles. The first-order valence-electron chi connectivity index (χ1n) is 9.79. The smallest absolute Gasteiger partial charge is 0.396 e. The van der Waals surface area contributed by atoms with Crippen LogP contribution >= 0.6 is 33.1 Å². The van der Waals surface area contributed by atoms with E-state index >= 15 is 0 Å². The normalized spacial score (nSPS) is 12.4. The second-order valence-corrected chi connectivity index (χ2v) is 8.84. The number of hydrogen-bond donors (Lipinski definition) is 0. The lowest BCUT2D eigenvalue weighted by Crippen LogP contribution is -2.01. The van der Waals surface area contributed by atoms with Crippen LogP contribution in [0.15, 0.2) is 36.3 Å². The Balaban J connectivity index is 0. The zero-order valence-corrected chi connectivity index (χ0v) is 22.4. The fourth-order valence-corrected chi connectivity index (χ4v) is 3.68. The van der Waals surface area contributed by atoms with Crippen LogP contribution in [-0.4, -0.2) is 31.8 Å². The lowest BCUT2D eigenvalue weighted by atomic mass is 10.1. The van der Waals surface area contributed by atoms with E-state index in [9.17, 15) is 0 Å². The molecule has 0 rings (SSSR count). The summed E-state index contributed by atoms with van der Waals surface area (Å²) in [6.45, 7) is 23.6. The number of halogens is 1. The Morgan fingerprint density at radius 2 is 1.28 bits per heavy atom. The van der Waals surface area contributed by atoms with Crippen LogP contribution in [0.1, 0.15) is 54.9 Å². The largest absolute Gasteiger partial charge is 0.432 e. The molecule has 0 aromatic rings. The topological polar surface area (TPSA) is 55.4 Å². The number of rotatable bonds is 16. The lowest BCUT2D eigenvalue weighted by molar-refractivity contribution is 0.193. The molecule has 6 nitrogen and oxygen atoms in total. The lowest BCUT2D eigenvalue weighted by Gasteiger charge is -2.18. The van der Waals surface area contributed by atoms with Gasteiger partial charge in [-0.1, -0.05) is 41.6 Å². The summed E-state index contributed by atoms with van der Waals surface area (Å²) < 4.78 is 32.2. The van der Waals surface area contributed by atoms with Gasteiger partial charge in [-0.2, -0.15) is 0 Å². The van der Waals surface area contributed by atoms with Crippen LogP contribution in [0, 0.1) is 5.92 Å². The quantitative estimate of drug-likeness (QED) is 0.0895. The SMILES string of the molecule is C=C(C)/C=C(/C)OP(OCC)OCC.C=C(CC(C)CBr)OP(OCC)OCC. The summed E-state index contributed by atoms with van der Waals surface area (Å²) in [6, 6.07) is 0. The highest BCUT2D eigenvalue weighted by Gasteiger charge is 2.15. The van der Waals surface area contributed by atoms with Crippen molar-refractivity contribution >= 4 is 33.1 Å². The van der Waals surface area contributed by atoms with Gasteiger partial charge in [0.05, 0.1) is 32.2 Å². The Morgan fingerprint density at radius 3 is 1.62 bits per heavy atom. The summed E-state index contributed by atoms with van der Waals surface area (Å²) in [4.78, 5) is 0. The maximum Gasteiger partial charge on any atom is 0.396 e. The predicted molar refractivity (Wildman–Crippen MR) is 128 cm³/mol. The van der Waals surface area contributed by atoms with Gasteiger partial charge in [-0.25, -0.2) is 0 Å². The summed E-state index contributed by atoms with van der Waals surface area (Å²) in [5.41, 5.74) is 0.949. The molecule has 1 atom stereocenters. The van der Waals surface area contributed by atoms with Crippen LogP contribution < -0.4 is 0 Å². The minimum Gasteiger partial charge on any atom is -0.432 e. The Bertz CT molecular complexity index is 450.